The molecule has 9 nitrogen and oxygen atoms in total. The number of para-hydroxylation sites is 1. The fourth-order valence-corrected chi connectivity index (χ4v) is 5.74. The Morgan fingerprint density at radius 3 is 2.31 bits per heavy atom. The van der Waals surface area contributed by atoms with Gasteiger partial charge in [-0.05, 0) is 36.7 Å². The van der Waals surface area contributed by atoms with Crippen LogP contribution in [-0.2, 0) is 25.7 Å². The number of hydrogen-bond donors (Lipinski definition) is 0. The smallest absolute Gasteiger partial charge is 0.294 e. The second-order valence-corrected chi connectivity index (χ2v) is 10.3. The molecule has 36 heavy (non-hydrogen) atoms. The number of amides is 4. The highest BCUT2D eigenvalue weighted by molar-refractivity contribution is 8.18. The maximum atomic E-state index is 13.1. The average molecular weight is 511 g/mol. The molecule has 3 aliphatic heterocycles. The third-order valence-electron chi connectivity index (χ3n) is 6.90. The number of carbonyl (C=O) groups excluding carboxylic acids is 4. The SMILES string of the molecule is O=C(CN1C(=O)S/C(=C\c2cn(CC(=O)N3CCCCCC3)c3ccccc23)C1=O)N1CCOCC1. The summed E-state index contributed by atoms with van der Waals surface area (Å²) in [5.74, 6) is -0.638. The summed E-state index contributed by atoms with van der Waals surface area (Å²) in [5.41, 5.74) is 1.66. The Balaban J connectivity index is 1.35. The lowest BCUT2D eigenvalue weighted by molar-refractivity contribution is -0.139. The van der Waals surface area contributed by atoms with E-state index >= 15 is 0 Å². The Bertz CT molecular complexity index is 1210. The molecule has 0 unspecified atom stereocenters. The molecule has 1 aromatic heterocycles. The number of hydrogen-bond acceptors (Lipinski definition) is 6. The second kappa shape index (κ2) is 10.9. The van der Waals surface area contributed by atoms with Crippen molar-refractivity contribution in [3.63, 3.8) is 0 Å². The van der Waals surface area contributed by atoms with Crippen LogP contribution in [0.4, 0.5) is 4.79 Å². The van der Waals surface area contributed by atoms with Crippen molar-refractivity contribution in [1.82, 2.24) is 19.3 Å². The number of fused-ring (bicyclic) bond motifs is 1. The second-order valence-electron chi connectivity index (χ2n) is 9.29. The maximum Gasteiger partial charge on any atom is 0.294 e. The third-order valence-corrected chi connectivity index (χ3v) is 7.81. The molecule has 3 aliphatic rings. The predicted octanol–water partition coefficient (Wildman–Crippen LogP) is 2.94. The van der Waals surface area contributed by atoms with E-state index in [2.05, 4.69) is 0 Å². The van der Waals surface area contributed by atoms with E-state index in [9.17, 15) is 19.2 Å². The molecule has 0 aliphatic carbocycles. The number of thioether (sulfide) groups is 1. The van der Waals surface area contributed by atoms with Gasteiger partial charge in [-0.1, -0.05) is 31.0 Å². The third kappa shape index (κ3) is 5.19. The van der Waals surface area contributed by atoms with Crippen LogP contribution in [0.5, 0.6) is 0 Å². The first-order valence-electron chi connectivity index (χ1n) is 12.5. The molecule has 0 atom stereocenters. The number of imide groups is 1. The van der Waals surface area contributed by atoms with E-state index in [1.807, 2.05) is 39.9 Å². The molecule has 5 rings (SSSR count). The predicted molar refractivity (Wildman–Crippen MR) is 137 cm³/mol. The molecular formula is C26H30N4O5S. The molecule has 0 radical (unpaired) electrons. The van der Waals surface area contributed by atoms with Crippen LogP contribution in [0.15, 0.2) is 35.4 Å². The lowest BCUT2D eigenvalue weighted by Crippen LogP contribution is -2.46. The number of carbonyl (C=O) groups is 4. The van der Waals surface area contributed by atoms with Crippen molar-refractivity contribution in [2.45, 2.75) is 32.2 Å². The fourth-order valence-electron chi connectivity index (χ4n) is 4.91. The number of likely N-dealkylation sites (tertiary alicyclic amines) is 1. The zero-order chi connectivity index (χ0) is 25.1. The average Bonchev–Trinajstić information content (AvgIpc) is 3.20. The first-order valence-corrected chi connectivity index (χ1v) is 13.3. The molecule has 4 heterocycles. The first kappa shape index (κ1) is 24.6. The van der Waals surface area contributed by atoms with Gasteiger partial charge in [0.05, 0.1) is 18.1 Å². The van der Waals surface area contributed by atoms with Gasteiger partial charge in [-0.25, -0.2) is 0 Å². The number of nitrogens with zero attached hydrogens (tertiary/aromatic N) is 4. The first-order chi connectivity index (χ1) is 17.5. The van der Waals surface area contributed by atoms with E-state index in [4.69, 9.17) is 4.74 Å². The molecule has 2 aromatic rings. The van der Waals surface area contributed by atoms with Crippen LogP contribution in [0.2, 0.25) is 0 Å². The highest BCUT2D eigenvalue weighted by atomic mass is 32.2. The number of morpholine rings is 1. The van der Waals surface area contributed by atoms with Gasteiger partial charge in [0.1, 0.15) is 13.1 Å². The number of rotatable bonds is 5. The van der Waals surface area contributed by atoms with Gasteiger partial charge >= 0.3 is 0 Å². The number of aromatic nitrogens is 1. The lowest BCUT2D eigenvalue weighted by Gasteiger charge is -2.28. The Morgan fingerprint density at radius 1 is 0.889 bits per heavy atom. The Hall–Kier alpha value is -3.11. The standard InChI is InChI=1S/C26H30N4O5S/c31-23(27-9-5-1-2-6-10-27)17-29-16-19(20-7-3-4-8-21(20)29)15-22-25(33)30(26(34)36-22)18-24(32)28-11-13-35-14-12-28/h3-4,7-8,15-16H,1-2,5-6,9-14,17-18H2/b22-15-. The Labute approximate surface area is 214 Å². The van der Waals surface area contributed by atoms with Crippen LogP contribution in [0, 0.1) is 0 Å². The van der Waals surface area contributed by atoms with Crippen molar-refractivity contribution < 1.29 is 23.9 Å². The van der Waals surface area contributed by atoms with E-state index in [0.717, 1.165) is 71.9 Å². The van der Waals surface area contributed by atoms with E-state index < -0.39 is 11.1 Å². The molecule has 0 bridgehead atoms. The van der Waals surface area contributed by atoms with Crippen LogP contribution in [0.1, 0.15) is 31.2 Å². The summed E-state index contributed by atoms with van der Waals surface area (Å²) in [7, 11) is 0. The summed E-state index contributed by atoms with van der Waals surface area (Å²) < 4.78 is 7.18. The topological polar surface area (TPSA) is 92.2 Å². The van der Waals surface area contributed by atoms with E-state index in [1.165, 1.54) is 0 Å². The molecule has 0 saturated carbocycles. The van der Waals surface area contributed by atoms with Crippen LogP contribution >= 0.6 is 11.8 Å². The monoisotopic (exact) mass is 510 g/mol. The van der Waals surface area contributed by atoms with Crippen LogP contribution in [0.3, 0.4) is 0 Å². The van der Waals surface area contributed by atoms with Crippen LogP contribution in [-0.4, -0.2) is 88.2 Å². The molecule has 0 spiro atoms. The molecular weight excluding hydrogens is 480 g/mol. The van der Waals surface area contributed by atoms with Crippen molar-refractivity contribution in [3.05, 3.63) is 40.9 Å². The van der Waals surface area contributed by atoms with Crippen molar-refractivity contribution in [2.24, 2.45) is 0 Å². The normalized spacial score (nSPS) is 20.4. The summed E-state index contributed by atoms with van der Waals surface area (Å²) in [6.45, 7) is 3.37. The molecule has 190 valence electrons. The minimum atomic E-state index is -0.468. The highest BCUT2D eigenvalue weighted by Gasteiger charge is 2.37. The quantitative estimate of drug-likeness (QED) is 0.575. The van der Waals surface area contributed by atoms with Crippen molar-refractivity contribution >= 4 is 51.7 Å². The molecule has 4 amide bonds. The number of benzene rings is 1. The summed E-state index contributed by atoms with van der Waals surface area (Å²) in [6.07, 6.45) is 7.95. The maximum absolute atomic E-state index is 13.1. The number of ether oxygens (including phenoxy) is 1. The zero-order valence-electron chi connectivity index (χ0n) is 20.2. The summed E-state index contributed by atoms with van der Waals surface area (Å²) in [4.78, 5) is 56.1. The van der Waals surface area contributed by atoms with Crippen molar-refractivity contribution in [2.75, 3.05) is 45.9 Å². The van der Waals surface area contributed by atoms with Crippen molar-refractivity contribution in [1.29, 1.82) is 0 Å². The summed E-state index contributed by atoms with van der Waals surface area (Å²) in [6, 6.07) is 7.73. The molecule has 10 heteroatoms. The van der Waals surface area contributed by atoms with Gasteiger partial charge in [0.25, 0.3) is 11.1 Å². The van der Waals surface area contributed by atoms with E-state index in [-0.39, 0.29) is 29.8 Å². The minimum absolute atomic E-state index is 0.0890. The summed E-state index contributed by atoms with van der Waals surface area (Å²) in [5, 5.41) is 0.449. The van der Waals surface area contributed by atoms with E-state index in [0.29, 0.717) is 26.3 Å². The van der Waals surface area contributed by atoms with Gasteiger partial charge in [-0.15, -0.1) is 0 Å². The largest absolute Gasteiger partial charge is 0.378 e. The molecule has 3 fully saturated rings. The molecule has 0 N–H and O–H groups in total. The van der Waals surface area contributed by atoms with E-state index in [1.54, 1.807) is 11.0 Å². The Morgan fingerprint density at radius 2 is 1.56 bits per heavy atom. The van der Waals surface area contributed by atoms with Crippen molar-refractivity contribution in [3.8, 4) is 0 Å². The van der Waals surface area contributed by atoms with Gasteiger partial charge < -0.3 is 19.1 Å². The van der Waals surface area contributed by atoms with Gasteiger partial charge in [0.2, 0.25) is 11.8 Å². The highest BCUT2D eigenvalue weighted by Crippen LogP contribution is 2.34. The van der Waals surface area contributed by atoms with Crippen LogP contribution < -0.4 is 0 Å². The lowest BCUT2D eigenvalue weighted by atomic mass is 10.1. The minimum Gasteiger partial charge on any atom is -0.378 e. The Kier molecular flexibility index (Phi) is 7.43. The van der Waals surface area contributed by atoms with Gasteiger partial charge in [-0.2, -0.15) is 0 Å². The summed E-state index contributed by atoms with van der Waals surface area (Å²) >= 11 is 0.841. The fraction of sp³-hybridized carbons (Fsp3) is 0.462. The molecule has 1 aromatic carbocycles. The molecule has 3 saturated heterocycles. The van der Waals surface area contributed by atoms with Crippen LogP contribution in [0.25, 0.3) is 17.0 Å². The zero-order valence-corrected chi connectivity index (χ0v) is 21.0. The van der Waals surface area contributed by atoms with Gasteiger partial charge in [0.15, 0.2) is 0 Å². The van der Waals surface area contributed by atoms with Gasteiger partial charge in [-0.3, -0.25) is 24.1 Å². The van der Waals surface area contributed by atoms with Gasteiger partial charge in [0, 0.05) is 48.8 Å².